The van der Waals surface area contributed by atoms with Gasteiger partial charge in [0, 0.05) is 32.0 Å². The molecule has 0 bridgehead atoms. The van der Waals surface area contributed by atoms with Crippen LogP contribution in [0.3, 0.4) is 0 Å². The van der Waals surface area contributed by atoms with Crippen LogP contribution < -0.4 is 5.32 Å². The van der Waals surface area contributed by atoms with Crippen molar-refractivity contribution >= 4 is 11.7 Å². The smallest absolute Gasteiger partial charge is 0.268 e. The zero-order valence-electron chi connectivity index (χ0n) is 11.8. The number of carbonyl (C=O) groups excluding carboxylic acids is 2. The van der Waals surface area contributed by atoms with Gasteiger partial charge >= 0.3 is 0 Å². The van der Waals surface area contributed by atoms with Gasteiger partial charge in [-0.15, -0.1) is 0 Å². The number of aliphatic hydroxyl groups is 1. The second kappa shape index (κ2) is 5.76. The Hall–Kier alpha value is -1.66. The molecule has 1 saturated heterocycles. The molecule has 1 aliphatic heterocycles. The van der Waals surface area contributed by atoms with Crippen LogP contribution in [-0.2, 0) is 11.8 Å². The van der Waals surface area contributed by atoms with E-state index in [0.717, 1.165) is 0 Å². The summed E-state index contributed by atoms with van der Waals surface area (Å²) in [4.78, 5) is 23.7. The highest BCUT2D eigenvalue weighted by atomic mass is 16.5. The van der Waals surface area contributed by atoms with Gasteiger partial charge in [-0.05, 0) is 25.8 Å². The first-order valence-corrected chi connectivity index (χ1v) is 6.66. The summed E-state index contributed by atoms with van der Waals surface area (Å²) in [7, 11) is 1.72. The number of rotatable bonds is 4. The van der Waals surface area contributed by atoms with Crippen LogP contribution in [0.15, 0.2) is 12.3 Å². The van der Waals surface area contributed by atoms with E-state index in [4.69, 9.17) is 4.74 Å². The minimum atomic E-state index is -0.629. The topological polar surface area (TPSA) is 80.6 Å². The number of aryl methyl sites for hydroxylation is 1. The van der Waals surface area contributed by atoms with E-state index in [1.165, 1.54) is 6.92 Å². The van der Waals surface area contributed by atoms with Crippen molar-refractivity contribution in [2.24, 2.45) is 7.05 Å². The molecule has 2 N–H and O–H groups in total. The predicted octanol–water partition coefficient (Wildman–Crippen LogP) is 0.499. The fourth-order valence-electron chi connectivity index (χ4n) is 2.37. The van der Waals surface area contributed by atoms with E-state index in [1.807, 2.05) is 0 Å². The molecular weight excluding hydrogens is 260 g/mol. The zero-order valence-corrected chi connectivity index (χ0v) is 11.8. The molecule has 1 aromatic heterocycles. The Kier molecular flexibility index (Phi) is 4.25. The van der Waals surface area contributed by atoms with Crippen molar-refractivity contribution < 1.29 is 19.4 Å². The van der Waals surface area contributed by atoms with E-state index in [1.54, 1.807) is 23.9 Å². The molecule has 2 heterocycles. The minimum Gasteiger partial charge on any atom is -0.394 e. The summed E-state index contributed by atoms with van der Waals surface area (Å²) in [6, 6.07) is 1.57. The van der Waals surface area contributed by atoms with Crippen molar-refractivity contribution in [2.45, 2.75) is 25.3 Å². The molecule has 6 nitrogen and oxygen atoms in total. The number of carbonyl (C=O) groups is 2. The summed E-state index contributed by atoms with van der Waals surface area (Å²) in [5, 5.41) is 12.5. The lowest BCUT2D eigenvalue weighted by Crippen LogP contribution is -2.54. The number of aliphatic hydroxyl groups excluding tert-OH is 1. The number of ketones is 1. The first kappa shape index (κ1) is 14.7. The molecule has 110 valence electrons. The highest BCUT2D eigenvalue weighted by molar-refractivity contribution is 5.99. The van der Waals surface area contributed by atoms with E-state index >= 15 is 0 Å². The van der Waals surface area contributed by atoms with Crippen molar-refractivity contribution in [3.8, 4) is 0 Å². The lowest BCUT2D eigenvalue weighted by molar-refractivity contribution is 0.0123. The van der Waals surface area contributed by atoms with E-state index < -0.39 is 5.54 Å². The summed E-state index contributed by atoms with van der Waals surface area (Å²) in [5.74, 6) is -0.362. The van der Waals surface area contributed by atoms with E-state index in [9.17, 15) is 14.7 Å². The third-order valence-corrected chi connectivity index (χ3v) is 3.78. The molecular formula is C14H20N2O4. The maximum Gasteiger partial charge on any atom is 0.268 e. The number of amides is 1. The van der Waals surface area contributed by atoms with E-state index in [0.29, 0.717) is 37.3 Å². The number of hydrogen-bond acceptors (Lipinski definition) is 4. The van der Waals surface area contributed by atoms with Crippen LogP contribution in [0.1, 0.15) is 40.6 Å². The maximum atomic E-state index is 12.3. The summed E-state index contributed by atoms with van der Waals surface area (Å²) >= 11 is 0. The van der Waals surface area contributed by atoms with E-state index in [-0.39, 0.29) is 18.3 Å². The number of aromatic nitrogens is 1. The summed E-state index contributed by atoms with van der Waals surface area (Å²) < 4.78 is 6.88. The van der Waals surface area contributed by atoms with Gasteiger partial charge in [-0.25, -0.2) is 0 Å². The molecule has 0 atom stereocenters. The molecule has 0 unspecified atom stereocenters. The SMILES string of the molecule is CC(=O)c1cc(C(=O)NC2(CO)CCOCC2)n(C)c1. The summed E-state index contributed by atoms with van der Waals surface area (Å²) in [6.45, 7) is 2.39. The van der Waals surface area contributed by atoms with Crippen LogP contribution >= 0.6 is 0 Å². The molecule has 2 rings (SSSR count). The Morgan fingerprint density at radius 1 is 1.45 bits per heavy atom. The molecule has 6 heteroatoms. The molecule has 0 aromatic carbocycles. The molecule has 0 spiro atoms. The zero-order chi connectivity index (χ0) is 14.8. The largest absolute Gasteiger partial charge is 0.394 e. The molecule has 1 fully saturated rings. The van der Waals surface area contributed by atoms with Crippen LogP contribution in [0.2, 0.25) is 0 Å². The molecule has 0 saturated carbocycles. The Balaban J connectivity index is 2.16. The molecule has 1 aliphatic rings. The third-order valence-electron chi connectivity index (χ3n) is 3.78. The number of Topliss-reactive ketones (excluding diaryl/α,β-unsaturated/α-hetero) is 1. The minimum absolute atomic E-state index is 0.0809. The number of hydrogen-bond donors (Lipinski definition) is 2. The Morgan fingerprint density at radius 2 is 2.10 bits per heavy atom. The summed E-state index contributed by atoms with van der Waals surface area (Å²) in [6.07, 6.45) is 2.80. The quantitative estimate of drug-likeness (QED) is 0.787. The van der Waals surface area contributed by atoms with Gasteiger partial charge in [0.05, 0.1) is 12.1 Å². The molecule has 20 heavy (non-hydrogen) atoms. The van der Waals surface area contributed by atoms with Gasteiger partial charge in [-0.3, -0.25) is 9.59 Å². The first-order valence-electron chi connectivity index (χ1n) is 6.66. The van der Waals surface area contributed by atoms with Gasteiger partial charge in [0.15, 0.2) is 5.78 Å². The molecule has 0 aliphatic carbocycles. The van der Waals surface area contributed by atoms with Crippen molar-refractivity contribution in [1.29, 1.82) is 0 Å². The van der Waals surface area contributed by atoms with Gasteiger partial charge in [0.25, 0.3) is 5.91 Å². The van der Waals surface area contributed by atoms with Gasteiger partial charge in [-0.2, -0.15) is 0 Å². The van der Waals surface area contributed by atoms with Gasteiger partial charge < -0.3 is 19.7 Å². The molecule has 1 aromatic rings. The highest BCUT2D eigenvalue weighted by Gasteiger charge is 2.34. The monoisotopic (exact) mass is 280 g/mol. The lowest BCUT2D eigenvalue weighted by Gasteiger charge is -2.36. The average molecular weight is 280 g/mol. The highest BCUT2D eigenvalue weighted by Crippen LogP contribution is 2.21. The standard InChI is InChI=1S/C14H20N2O4/c1-10(18)11-7-12(16(2)8-11)13(19)15-14(9-17)3-5-20-6-4-14/h7-8,17H,3-6,9H2,1-2H3,(H,15,19). The predicted molar refractivity (Wildman–Crippen MR) is 72.8 cm³/mol. The van der Waals surface area contributed by atoms with E-state index in [2.05, 4.69) is 5.32 Å². The number of nitrogens with one attached hydrogen (secondary N) is 1. The van der Waals surface area contributed by atoms with Crippen molar-refractivity contribution in [3.05, 3.63) is 23.5 Å². The first-order chi connectivity index (χ1) is 9.47. The van der Waals surface area contributed by atoms with Crippen molar-refractivity contribution in [1.82, 2.24) is 9.88 Å². The Bertz CT molecular complexity index is 515. The third kappa shape index (κ3) is 2.91. The van der Waals surface area contributed by atoms with Crippen LogP contribution in [0, 0.1) is 0 Å². The van der Waals surface area contributed by atoms with Crippen molar-refractivity contribution in [3.63, 3.8) is 0 Å². The fourth-order valence-corrected chi connectivity index (χ4v) is 2.37. The van der Waals surface area contributed by atoms with Crippen LogP contribution in [0.25, 0.3) is 0 Å². The van der Waals surface area contributed by atoms with Gasteiger partial charge in [0.1, 0.15) is 5.69 Å². The maximum absolute atomic E-state index is 12.3. The second-order valence-electron chi connectivity index (χ2n) is 5.29. The van der Waals surface area contributed by atoms with Crippen LogP contribution in [0.4, 0.5) is 0 Å². The normalized spacial score (nSPS) is 17.8. The summed E-state index contributed by atoms with van der Waals surface area (Å²) in [5.41, 5.74) is 0.285. The number of nitrogens with zero attached hydrogens (tertiary/aromatic N) is 1. The second-order valence-corrected chi connectivity index (χ2v) is 5.29. The molecule has 1 amide bonds. The molecule has 0 radical (unpaired) electrons. The number of ether oxygens (including phenoxy) is 1. The fraction of sp³-hybridized carbons (Fsp3) is 0.571. The van der Waals surface area contributed by atoms with Gasteiger partial charge in [0.2, 0.25) is 0 Å². The van der Waals surface area contributed by atoms with Crippen LogP contribution in [0.5, 0.6) is 0 Å². The Morgan fingerprint density at radius 3 is 2.60 bits per heavy atom. The lowest BCUT2D eigenvalue weighted by atomic mass is 9.91. The van der Waals surface area contributed by atoms with Crippen LogP contribution in [-0.4, -0.2) is 46.7 Å². The van der Waals surface area contributed by atoms with Crippen molar-refractivity contribution in [2.75, 3.05) is 19.8 Å². The van der Waals surface area contributed by atoms with Gasteiger partial charge in [-0.1, -0.05) is 0 Å². The average Bonchev–Trinajstić information content (AvgIpc) is 2.82. The Labute approximate surface area is 117 Å².